The molecule has 1 aromatic carbocycles. The lowest BCUT2D eigenvalue weighted by molar-refractivity contribution is 0.407. The minimum absolute atomic E-state index is 0.458. The SMILES string of the molecule is CC1Cc2ccccc2C(CCN)N1. The molecule has 0 saturated carbocycles. The molecule has 1 heterocycles. The molecule has 1 aromatic rings. The molecule has 0 saturated heterocycles. The highest BCUT2D eigenvalue weighted by atomic mass is 15.0. The number of rotatable bonds is 2. The Kier molecular flexibility index (Phi) is 2.85. The highest BCUT2D eigenvalue weighted by Gasteiger charge is 2.22. The Morgan fingerprint density at radius 1 is 1.43 bits per heavy atom. The van der Waals surface area contributed by atoms with Crippen molar-refractivity contribution < 1.29 is 0 Å². The molecule has 14 heavy (non-hydrogen) atoms. The van der Waals surface area contributed by atoms with Gasteiger partial charge in [-0.1, -0.05) is 24.3 Å². The molecular formula is C12H18N2. The molecule has 3 N–H and O–H groups in total. The van der Waals surface area contributed by atoms with E-state index >= 15 is 0 Å². The second-order valence-corrected chi connectivity index (χ2v) is 4.10. The molecule has 1 aliphatic heterocycles. The number of fused-ring (bicyclic) bond motifs is 1. The molecule has 76 valence electrons. The molecule has 2 nitrogen and oxygen atoms in total. The molecule has 2 atom stereocenters. The first-order valence-corrected chi connectivity index (χ1v) is 5.35. The van der Waals surface area contributed by atoms with Gasteiger partial charge in [0.1, 0.15) is 0 Å². The van der Waals surface area contributed by atoms with E-state index < -0.39 is 0 Å². The van der Waals surface area contributed by atoms with Gasteiger partial charge in [-0.15, -0.1) is 0 Å². The van der Waals surface area contributed by atoms with Crippen LogP contribution in [-0.4, -0.2) is 12.6 Å². The van der Waals surface area contributed by atoms with E-state index in [1.807, 2.05) is 0 Å². The van der Waals surface area contributed by atoms with Crippen LogP contribution in [0.5, 0.6) is 0 Å². The zero-order chi connectivity index (χ0) is 9.97. The molecular weight excluding hydrogens is 172 g/mol. The molecule has 0 bridgehead atoms. The fourth-order valence-electron chi connectivity index (χ4n) is 2.29. The zero-order valence-electron chi connectivity index (χ0n) is 8.66. The van der Waals surface area contributed by atoms with Gasteiger partial charge in [0.2, 0.25) is 0 Å². The van der Waals surface area contributed by atoms with Gasteiger partial charge in [-0.2, -0.15) is 0 Å². The first-order valence-electron chi connectivity index (χ1n) is 5.35. The lowest BCUT2D eigenvalue weighted by Crippen LogP contribution is -2.38. The Morgan fingerprint density at radius 2 is 2.21 bits per heavy atom. The summed E-state index contributed by atoms with van der Waals surface area (Å²) in [5.74, 6) is 0. The van der Waals surface area contributed by atoms with Gasteiger partial charge in [0.05, 0.1) is 0 Å². The summed E-state index contributed by atoms with van der Waals surface area (Å²) >= 11 is 0. The Balaban J connectivity index is 2.28. The fourth-order valence-corrected chi connectivity index (χ4v) is 2.29. The summed E-state index contributed by atoms with van der Waals surface area (Å²) in [6.07, 6.45) is 2.17. The van der Waals surface area contributed by atoms with Crippen molar-refractivity contribution in [1.29, 1.82) is 0 Å². The molecule has 2 heteroatoms. The van der Waals surface area contributed by atoms with Crippen molar-refractivity contribution in [3.63, 3.8) is 0 Å². The summed E-state index contributed by atoms with van der Waals surface area (Å²) in [4.78, 5) is 0. The van der Waals surface area contributed by atoms with Gasteiger partial charge in [-0.25, -0.2) is 0 Å². The van der Waals surface area contributed by atoms with Crippen LogP contribution in [0.1, 0.15) is 30.5 Å². The number of hydrogen-bond acceptors (Lipinski definition) is 2. The number of hydrogen-bond donors (Lipinski definition) is 2. The molecule has 1 aliphatic rings. The second-order valence-electron chi connectivity index (χ2n) is 4.10. The normalized spacial score (nSPS) is 25.9. The summed E-state index contributed by atoms with van der Waals surface area (Å²) in [5, 5.41) is 3.59. The lowest BCUT2D eigenvalue weighted by Gasteiger charge is -2.31. The van der Waals surface area contributed by atoms with Crippen LogP contribution in [0.25, 0.3) is 0 Å². The van der Waals surface area contributed by atoms with Gasteiger partial charge in [0, 0.05) is 12.1 Å². The molecule has 0 aliphatic carbocycles. The minimum atomic E-state index is 0.458. The van der Waals surface area contributed by atoms with E-state index in [4.69, 9.17) is 5.73 Å². The van der Waals surface area contributed by atoms with E-state index in [-0.39, 0.29) is 0 Å². The molecule has 0 radical (unpaired) electrons. The Labute approximate surface area is 85.5 Å². The number of benzene rings is 1. The summed E-state index contributed by atoms with van der Waals surface area (Å²) in [6, 6.07) is 9.71. The average molecular weight is 190 g/mol. The van der Waals surface area contributed by atoms with Gasteiger partial charge >= 0.3 is 0 Å². The molecule has 0 spiro atoms. The summed E-state index contributed by atoms with van der Waals surface area (Å²) in [7, 11) is 0. The van der Waals surface area contributed by atoms with E-state index in [1.54, 1.807) is 0 Å². The van der Waals surface area contributed by atoms with E-state index in [9.17, 15) is 0 Å². The van der Waals surface area contributed by atoms with Crippen molar-refractivity contribution in [1.82, 2.24) is 5.32 Å². The Morgan fingerprint density at radius 3 is 3.00 bits per heavy atom. The number of nitrogens with two attached hydrogens (primary N) is 1. The predicted molar refractivity (Wildman–Crippen MR) is 59.2 cm³/mol. The highest BCUT2D eigenvalue weighted by Crippen LogP contribution is 2.26. The standard InChI is InChI=1S/C12H18N2/c1-9-8-10-4-2-3-5-11(10)12(14-9)6-7-13/h2-5,9,12,14H,6-8,13H2,1H3. The maximum absolute atomic E-state index is 5.62. The fraction of sp³-hybridized carbons (Fsp3) is 0.500. The third kappa shape index (κ3) is 1.81. The van der Waals surface area contributed by atoms with Crippen LogP contribution in [0.4, 0.5) is 0 Å². The topological polar surface area (TPSA) is 38.0 Å². The molecule has 2 rings (SSSR count). The van der Waals surface area contributed by atoms with Crippen LogP contribution in [0.15, 0.2) is 24.3 Å². The molecule has 0 aromatic heterocycles. The van der Waals surface area contributed by atoms with Crippen molar-refractivity contribution in [2.24, 2.45) is 5.73 Å². The third-order valence-electron chi connectivity index (χ3n) is 2.90. The van der Waals surface area contributed by atoms with Crippen molar-refractivity contribution in [3.8, 4) is 0 Å². The first kappa shape index (κ1) is 9.69. The van der Waals surface area contributed by atoms with Gasteiger partial charge in [0.15, 0.2) is 0 Å². The third-order valence-corrected chi connectivity index (χ3v) is 2.90. The van der Waals surface area contributed by atoms with Gasteiger partial charge in [-0.05, 0) is 37.4 Å². The van der Waals surface area contributed by atoms with Crippen LogP contribution < -0.4 is 11.1 Å². The largest absolute Gasteiger partial charge is 0.330 e. The molecule has 0 amide bonds. The van der Waals surface area contributed by atoms with Crippen molar-refractivity contribution in [2.45, 2.75) is 31.8 Å². The van der Waals surface area contributed by atoms with Crippen LogP contribution in [0.3, 0.4) is 0 Å². The Bertz CT molecular complexity index is 309. The van der Waals surface area contributed by atoms with E-state index in [0.29, 0.717) is 12.1 Å². The highest BCUT2D eigenvalue weighted by molar-refractivity contribution is 5.33. The van der Waals surface area contributed by atoms with Gasteiger partial charge < -0.3 is 11.1 Å². The minimum Gasteiger partial charge on any atom is -0.330 e. The van der Waals surface area contributed by atoms with Crippen molar-refractivity contribution >= 4 is 0 Å². The average Bonchev–Trinajstić information content (AvgIpc) is 2.18. The Hall–Kier alpha value is -0.860. The van der Waals surface area contributed by atoms with Crippen LogP contribution in [0, 0.1) is 0 Å². The first-order chi connectivity index (χ1) is 6.81. The molecule has 0 fully saturated rings. The molecule has 2 unspecified atom stereocenters. The van der Waals surface area contributed by atoms with Crippen molar-refractivity contribution in [3.05, 3.63) is 35.4 Å². The maximum atomic E-state index is 5.62. The summed E-state index contributed by atoms with van der Waals surface area (Å²) < 4.78 is 0. The lowest BCUT2D eigenvalue weighted by atomic mass is 9.89. The maximum Gasteiger partial charge on any atom is 0.0337 e. The summed E-state index contributed by atoms with van der Waals surface area (Å²) in [6.45, 7) is 2.98. The van der Waals surface area contributed by atoms with Gasteiger partial charge in [-0.3, -0.25) is 0 Å². The van der Waals surface area contributed by atoms with E-state index in [0.717, 1.165) is 19.4 Å². The quantitative estimate of drug-likeness (QED) is 0.743. The van der Waals surface area contributed by atoms with E-state index in [2.05, 4.69) is 36.5 Å². The predicted octanol–water partition coefficient (Wildman–Crippen LogP) is 1.61. The van der Waals surface area contributed by atoms with Crippen molar-refractivity contribution in [2.75, 3.05) is 6.54 Å². The smallest absolute Gasteiger partial charge is 0.0337 e. The summed E-state index contributed by atoms with van der Waals surface area (Å²) in [5.41, 5.74) is 8.55. The van der Waals surface area contributed by atoms with E-state index in [1.165, 1.54) is 11.1 Å². The zero-order valence-corrected chi connectivity index (χ0v) is 8.66. The van der Waals surface area contributed by atoms with Crippen LogP contribution in [0.2, 0.25) is 0 Å². The number of nitrogens with one attached hydrogen (secondary N) is 1. The second kappa shape index (κ2) is 4.11. The van der Waals surface area contributed by atoms with Crippen LogP contribution in [-0.2, 0) is 6.42 Å². The van der Waals surface area contributed by atoms with Gasteiger partial charge in [0.25, 0.3) is 0 Å². The van der Waals surface area contributed by atoms with Crippen LogP contribution >= 0.6 is 0 Å². The monoisotopic (exact) mass is 190 g/mol.